The van der Waals surface area contributed by atoms with Gasteiger partial charge in [0.2, 0.25) is 5.91 Å². The quantitative estimate of drug-likeness (QED) is 0.637. The number of nitrogens with zero attached hydrogens (tertiary/aromatic N) is 1. The lowest BCUT2D eigenvalue weighted by atomic mass is 10.1. The smallest absolute Gasteiger partial charge is 0.307 e. The molecular formula is C25H32N2O5. The number of anilines is 1. The summed E-state index contributed by atoms with van der Waals surface area (Å²) in [5.74, 6) is 0.922. The Bertz CT molecular complexity index is 921. The van der Waals surface area contributed by atoms with Crippen LogP contribution in [0.15, 0.2) is 48.5 Å². The lowest BCUT2D eigenvalue weighted by molar-refractivity contribution is -0.155. The van der Waals surface area contributed by atoms with E-state index in [1.54, 1.807) is 6.07 Å². The van der Waals surface area contributed by atoms with Crippen molar-refractivity contribution < 1.29 is 23.8 Å². The van der Waals surface area contributed by atoms with Crippen LogP contribution in [0.5, 0.6) is 11.5 Å². The van der Waals surface area contributed by atoms with E-state index >= 15 is 0 Å². The van der Waals surface area contributed by atoms with Gasteiger partial charge in [0.15, 0.2) is 5.75 Å². The molecule has 1 aliphatic heterocycles. The molecule has 1 heterocycles. The number of para-hydroxylation sites is 2. The van der Waals surface area contributed by atoms with Gasteiger partial charge in [-0.3, -0.25) is 14.5 Å². The first-order valence-corrected chi connectivity index (χ1v) is 10.9. The highest BCUT2D eigenvalue weighted by atomic mass is 16.6. The molecule has 1 amide bonds. The van der Waals surface area contributed by atoms with Gasteiger partial charge in [0.1, 0.15) is 11.4 Å². The Hall–Kier alpha value is -2.90. The standard InChI is InChI=1S/C25H32N2O5/c1-18(28)26-21-7-5-6-8-22(21)31-20-11-9-19(10-12-20)23-17-27(15-16-30-23)14-13-24(29)32-25(2,3)4/h5-12,23H,13-17H2,1-4H3,(H,26,28). The molecule has 7 heteroatoms. The predicted molar refractivity (Wildman–Crippen MR) is 123 cm³/mol. The van der Waals surface area contributed by atoms with Gasteiger partial charge in [0.05, 0.1) is 24.8 Å². The summed E-state index contributed by atoms with van der Waals surface area (Å²) in [5.41, 5.74) is 1.21. The van der Waals surface area contributed by atoms with E-state index in [1.165, 1.54) is 6.92 Å². The van der Waals surface area contributed by atoms with Crippen molar-refractivity contribution in [2.75, 3.05) is 31.6 Å². The van der Waals surface area contributed by atoms with E-state index in [4.69, 9.17) is 14.2 Å². The molecule has 0 aliphatic carbocycles. The highest BCUT2D eigenvalue weighted by Gasteiger charge is 2.23. The molecule has 1 saturated heterocycles. The van der Waals surface area contributed by atoms with E-state index in [0.29, 0.717) is 43.3 Å². The van der Waals surface area contributed by atoms with Crippen molar-refractivity contribution in [3.05, 3.63) is 54.1 Å². The Balaban J connectivity index is 1.57. The van der Waals surface area contributed by atoms with E-state index < -0.39 is 5.60 Å². The minimum Gasteiger partial charge on any atom is -0.460 e. The fourth-order valence-corrected chi connectivity index (χ4v) is 3.48. The summed E-state index contributed by atoms with van der Waals surface area (Å²) in [7, 11) is 0. The minimum atomic E-state index is -0.461. The summed E-state index contributed by atoms with van der Waals surface area (Å²) >= 11 is 0. The van der Waals surface area contributed by atoms with E-state index in [-0.39, 0.29) is 18.0 Å². The fraction of sp³-hybridized carbons (Fsp3) is 0.440. The largest absolute Gasteiger partial charge is 0.460 e. The van der Waals surface area contributed by atoms with Crippen LogP contribution in [-0.4, -0.2) is 48.6 Å². The SMILES string of the molecule is CC(=O)Nc1ccccc1Oc1ccc(C2CN(CCC(=O)OC(C)(C)C)CCO2)cc1. The second-order valence-corrected chi connectivity index (χ2v) is 8.84. The topological polar surface area (TPSA) is 77.1 Å². The summed E-state index contributed by atoms with van der Waals surface area (Å²) in [6.07, 6.45) is 0.299. The third-order valence-corrected chi connectivity index (χ3v) is 4.88. The molecule has 32 heavy (non-hydrogen) atoms. The van der Waals surface area contributed by atoms with Crippen LogP contribution in [0, 0.1) is 0 Å². The minimum absolute atomic E-state index is 0.0666. The Kier molecular flexibility index (Phi) is 7.88. The van der Waals surface area contributed by atoms with Crippen LogP contribution in [0.25, 0.3) is 0 Å². The van der Waals surface area contributed by atoms with Crippen LogP contribution < -0.4 is 10.1 Å². The average molecular weight is 441 g/mol. The van der Waals surface area contributed by atoms with Crippen LogP contribution in [0.4, 0.5) is 5.69 Å². The van der Waals surface area contributed by atoms with Crippen molar-refractivity contribution in [2.24, 2.45) is 0 Å². The van der Waals surface area contributed by atoms with Crippen LogP contribution in [0.1, 0.15) is 45.8 Å². The number of hydrogen-bond donors (Lipinski definition) is 1. The van der Waals surface area contributed by atoms with Gasteiger partial charge in [0, 0.05) is 26.6 Å². The number of amides is 1. The third-order valence-electron chi connectivity index (χ3n) is 4.88. The summed E-state index contributed by atoms with van der Waals surface area (Å²) in [6.45, 7) is 9.86. The normalized spacial score (nSPS) is 16.9. The first kappa shape index (κ1) is 23.8. The Morgan fingerprint density at radius 2 is 1.84 bits per heavy atom. The van der Waals surface area contributed by atoms with E-state index in [2.05, 4.69) is 10.2 Å². The number of carbonyl (C=O) groups is 2. The van der Waals surface area contributed by atoms with Crippen molar-refractivity contribution in [3.63, 3.8) is 0 Å². The fourth-order valence-electron chi connectivity index (χ4n) is 3.48. The van der Waals surface area contributed by atoms with Gasteiger partial charge < -0.3 is 19.5 Å². The number of benzene rings is 2. The summed E-state index contributed by atoms with van der Waals surface area (Å²) in [6, 6.07) is 15.1. The van der Waals surface area contributed by atoms with E-state index in [1.807, 2.05) is 63.2 Å². The summed E-state index contributed by atoms with van der Waals surface area (Å²) in [4.78, 5) is 25.6. The lowest BCUT2D eigenvalue weighted by Crippen LogP contribution is -2.39. The van der Waals surface area contributed by atoms with Crippen LogP contribution >= 0.6 is 0 Å². The molecule has 1 fully saturated rings. The van der Waals surface area contributed by atoms with Crippen LogP contribution in [-0.2, 0) is 19.1 Å². The maximum Gasteiger partial charge on any atom is 0.307 e. The van der Waals surface area contributed by atoms with Crippen molar-refractivity contribution in [1.82, 2.24) is 4.90 Å². The Morgan fingerprint density at radius 1 is 1.12 bits per heavy atom. The Morgan fingerprint density at radius 3 is 2.53 bits per heavy atom. The number of esters is 1. The first-order valence-electron chi connectivity index (χ1n) is 10.9. The van der Waals surface area contributed by atoms with Crippen molar-refractivity contribution in [2.45, 2.75) is 45.8 Å². The highest BCUT2D eigenvalue weighted by Crippen LogP contribution is 2.31. The molecule has 1 N–H and O–H groups in total. The van der Waals surface area contributed by atoms with Gasteiger partial charge in [-0.05, 0) is 50.6 Å². The molecule has 0 saturated carbocycles. The zero-order valence-corrected chi connectivity index (χ0v) is 19.2. The van der Waals surface area contributed by atoms with Crippen LogP contribution in [0.3, 0.4) is 0 Å². The molecule has 7 nitrogen and oxygen atoms in total. The van der Waals surface area contributed by atoms with Gasteiger partial charge in [-0.2, -0.15) is 0 Å². The Labute approximate surface area is 189 Å². The highest BCUT2D eigenvalue weighted by molar-refractivity contribution is 5.90. The van der Waals surface area contributed by atoms with Crippen molar-refractivity contribution in [1.29, 1.82) is 0 Å². The molecule has 0 radical (unpaired) electrons. The number of nitrogens with one attached hydrogen (secondary N) is 1. The molecule has 1 aliphatic rings. The van der Waals surface area contributed by atoms with Crippen molar-refractivity contribution >= 4 is 17.6 Å². The van der Waals surface area contributed by atoms with Crippen molar-refractivity contribution in [3.8, 4) is 11.5 Å². The maximum atomic E-state index is 12.0. The average Bonchev–Trinajstić information content (AvgIpc) is 2.73. The summed E-state index contributed by atoms with van der Waals surface area (Å²) < 4.78 is 17.3. The van der Waals surface area contributed by atoms with Gasteiger partial charge in [-0.1, -0.05) is 24.3 Å². The number of hydrogen-bond acceptors (Lipinski definition) is 6. The summed E-state index contributed by atoms with van der Waals surface area (Å²) in [5, 5.41) is 2.77. The van der Waals surface area contributed by atoms with Crippen LogP contribution in [0.2, 0.25) is 0 Å². The van der Waals surface area contributed by atoms with Gasteiger partial charge >= 0.3 is 5.97 Å². The number of rotatable bonds is 7. The first-order chi connectivity index (χ1) is 15.2. The van der Waals surface area contributed by atoms with Gasteiger partial charge in [-0.15, -0.1) is 0 Å². The number of carbonyl (C=O) groups excluding carboxylic acids is 2. The molecule has 2 aromatic rings. The lowest BCUT2D eigenvalue weighted by Gasteiger charge is -2.33. The molecular weight excluding hydrogens is 408 g/mol. The molecule has 0 bridgehead atoms. The predicted octanol–water partition coefficient (Wildman–Crippen LogP) is 4.54. The molecule has 1 atom stereocenters. The zero-order chi connectivity index (χ0) is 23.1. The second kappa shape index (κ2) is 10.6. The van der Waals surface area contributed by atoms with E-state index in [9.17, 15) is 9.59 Å². The molecule has 172 valence electrons. The maximum absolute atomic E-state index is 12.0. The van der Waals surface area contributed by atoms with E-state index in [0.717, 1.165) is 12.1 Å². The molecule has 2 aromatic carbocycles. The molecule has 0 spiro atoms. The number of morpholine rings is 1. The van der Waals surface area contributed by atoms with Gasteiger partial charge in [-0.25, -0.2) is 0 Å². The molecule has 3 rings (SSSR count). The monoisotopic (exact) mass is 440 g/mol. The molecule has 0 aromatic heterocycles. The number of ether oxygens (including phenoxy) is 3. The second-order valence-electron chi connectivity index (χ2n) is 8.84. The zero-order valence-electron chi connectivity index (χ0n) is 19.2. The molecule has 1 unspecified atom stereocenters. The van der Waals surface area contributed by atoms with Gasteiger partial charge in [0.25, 0.3) is 0 Å². The third kappa shape index (κ3) is 7.35.